The molecule has 1 aliphatic heterocycles. The maximum Gasteiger partial charge on any atom is 0.225 e. The van der Waals surface area contributed by atoms with Gasteiger partial charge in [0.2, 0.25) is 5.91 Å². The first-order chi connectivity index (χ1) is 11.7. The lowest BCUT2D eigenvalue weighted by Crippen LogP contribution is -2.39. The van der Waals surface area contributed by atoms with Crippen LogP contribution in [0.15, 0.2) is 30.3 Å². The summed E-state index contributed by atoms with van der Waals surface area (Å²) in [5.41, 5.74) is 7.21. The maximum atomic E-state index is 12.7. The Hall–Kier alpha value is -1.39. The first kappa shape index (κ1) is 17.4. The van der Waals surface area contributed by atoms with Crippen molar-refractivity contribution in [2.75, 3.05) is 33.2 Å². The maximum absolute atomic E-state index is 12.7. The van der Waals surface area contributed by atoms with Gasteiger partial charge in [0, 0.05) is 32.6 Å². The molecule has 2 N–H and O–H groups in total. The largest absolute Gasteiger partial charge is 0.345 e. The molecule has 1 saturated heterocycles. The van der Waals surface area contributed by atoms with Gasteiger partial charge in [-0.1, -0.05) is 36.8 Å². The van der Waals surface area contributed by atoms with Crippen molar-refractivity contribution < 1.29 is 4.79 Å². The van der Waals surface area contributed by atoms with E-state index in [0.717, 1.165) is 45.4 Å². The van der Waals surface area contributed by atoms with E-state index in [4.69, 9.17) is 5.73 Å². The van der Waals surface area contributed by atoms with Crippen LogP contribution < -0.4 is 5.73 Å². The van der Waals surface area contributed by atoms with Crippen molar-refractivity contribution in [3.8, 4) is 0 Å². The van der Waals surface area contributed by atoms with Crippen LogP contribution in [0.2, 0.25) is 0 Å². The van der Waals surface area contributed by atoms with E-state index in [1.54, 1.807) is 0 Å². The summed E-state index contributed by atoms with van der Waals surface area (Å²) in [5.74, 6) is 1.49. The van der Waals surface area contributed by atoms with Crippen molar-refractivity contribution in [2.24, 2.45) is 23.5 Å². The van der Waals surface area contributed by atoms with Gasteiger partial charge >= 0.3 is 0 Å². The Labute approximate surface area is 146 Å². The van der Waals surface area contributed by atoms with E-state index in [0.29, 0.717) is 24.3 Å². The number of amides is 1. The molecule has 0 bridgehead atoms. The molecule has 3 rings (SSSR count). The van der Waals surface area contributed by atoms with Gasteiger partial charge in [-0.2, -0.15) is 0 Å². The highest BCUT2D eigenvalue weighted by molar-refractivity contribution is 5.79. The summed E-state index contributed by atoms with van der Waals surface area (Å²) >= 11 is 0. The predicted molar refractivity (Wildman–Crippen MR) is 97.3 cm³/mol. The minimum atomic E-state index is 0.168. The average Bonchev–Trinajstić information content (AvgIpc) is 3.24. The molecule has 1 aliphatic carbocycles. The van der Waals surface area contributed by atoms with Gasteiger partial charge in [-0.3, -0.25) is 9.69 Å². The molecule has 0 radical (unpaired) electrons. The molecule has 132 valence electrons. The summed E-state index contributed by atoms with van der Waals surface area (Å²) in [5, 5.41) is 0. The summed E-state index contributed by atoms with van der Waals surface area (Å²) in [6.45, 7) is 4.79. The third-order valence-corrected chi connectivity index (χ3v) is 5.81. The van der Waals surface area contributed by atoms with Crippen LogP contribution >= 0.6 is 0 Å². The third kappa shape index (κ3) is 4.17. The van der Waals surface area contributed by atoms with E-state index < -0.39 is 0 Å². The number of carbonyl (C=O) groups excluding carboxylic acids is 1. The molecule has 0 spiro atoms. The normalized spacial score (nSPS) is 27.5. The molecule has 4 nitrogen and oxygen atoms in total. The number of nitrogens with two attached hydrogens (primary N) is 1. The molecule has 3 atom stereocenters. The highest BCUT2D eigenvalue weighted by Gasteiger charge is 2.34. The number of likely N-dealkylation sites (tertiary alicyclic amines) is 1. The summed E-state index contributed by atoms with van der Waals surface area (Å²) in [7, 11) is 1.98. The molecule has 2 aliphatic rings. The fourth-order valence-corrected chi connectivity index (χ4v) is 4.45. The van der Waals surface area contributed by atoms with Gasteiger partial charge in [-0.15, -0.1) is 0 Å². The van der Waals surface area contributed by atoms with E-state index in [9.17, 15) is 4.79 Å². The molecule has 1 unspecified atom stereocenters. The molecule has 24 heavy (non-hydrogen) atoms. The lowest BCUT2D eigenvalue weighted by Gasteiger charge is -2.27. The third-order valence-electron chi connectivity index (χ3n) is 5.81. The highest BCUT2D eigenvalue weighted by atomic mass is 16.2. The van der Waals surface area contributed by atoms with Gasteiger partial charge < -0.3 is 10.6 Å². The molecule has 1 aromatic carbocycles. The Balaban J connectivity index is 1.47. The summed E-state index contributed by atoms with van der Waals surface area (Å²) in [4.78, 5) is 17.2. The fourth-order valence-electron chi connectivity index (χ4n) is 4.45. The van der Waals surface area contributed by atoms with Gasteiger partial charge in [0.05, 0.1) is 0 Å². The van der Waals surface area contributed by atoms with E-state index in [1.165, 1.54) is 12.0 Å². The Morgan fingerprint density at radius 1 is 1.25 bits per heavy atom. The molecule has 1 aromatic rings. The van der Waals surface area contributed by atoms with Crippen LogP contribution in [0.25, 0.3) is 0 Å². The minimum absolute atomic E-state index is 0.168. The van der Waals surface area contributed by atoms with Gasteiger partial charge in [-0.25, -0.2) is 0 Å². The zero-order chi connectivity index (χ0) is 16.9. The summed E-state index contributed by atoms with van der Waals surface area (Å²) in [6.07, 6.45) is 4.49. The fraction of sp³-hybridized carbons (Fsp3) is 0.650. The standard InChI is InChI=1S/C20H31N3O/c1-22(20(24)19-9-5-8-18(19)12-21)13-17-10-11-23(15-17)14-16-6-3-2-4-7-16/h2-4,6-7,17-19H,5,8-15,21H2,1H3/t17?,18-,19-/m1/s1. The molecule has 1 saturated carbocycles. The quantitative estimate of drug-likeness (QED) is 0.871. The second-order valence-electron chi connectivity index (χ2n) is 7.63. The zero-order valence-electron chi connectivity index (χ0n) is 14.9. The van der Waals surface area contributed by atoms with Crippen LogP contribution in [0.3, 0.4) is 0 Å². The van der Waals surface area contributed by atoms with Gasteiger partial charge in [0.1, 0.15) is 0 Å². The lowest BCUT2D eigenvalue weighted by atomic mass is 9.94. The number of nitrogens with zero attached hydrogens (tertiary/aromatic N) is 2. The number of hydrogen-bond donors (Lipinski definition) is 1. The van der Waals surface area contributed by atoms with Gasteiger partial charge in [0.25, 0.3) is 0 Å². The number of hydrogen-bond acceptors (Lipinski definition) is 3. The number of rotatable bonds is 6. The second-order valence-corrected chi connectivity index (χ2v) is 7.63. The highest BCUT2D eigenvalue weighted by Crippen LogP contribution is 2.32. The predicted octanol–water partition coefficient (Wildman–Crippen LogP) is 2.34. The number of carbonyl (C=O) groups is 1. The van der Waals surface area contributed by atoms with Crippen LogP contribution in [0, 0.1) is 17.8 Å². The Kier molecular flexibility index (Phi) is 5.90. The van der Waals surface area contributed by atoms with Crippen molar-refractivity contribution in [2.45, 2.75) is 32.2 Å². The molecule has 4 heteroatoms. The van der Waals surface area contributed by atoms with Crippen LogP contribution in [-0.2, 0) is 11.3 Å². The van der Waals surface area contributed by atoms with E-state index >= 15 is 0 Å². The van der Waals surface area contributed by atoms with Crippen LogP contribution in [0.4, 0.5) is 0 Å². The molecule has 2 fully saturated rings. The zero-order valence-corrected chi connectivity index (χ0v) is 14.9. The molecule has 0 aromatic heterocycles. The molecule has 1 heterocycles. The Morgan fingerprint density at radius 3 is 2.79 bits per heavy atom. The van der Waals surface area contributed by atoms with Crippen LogP contribution in [0.1, 0.15) is 31.2 Å². The molecular formula is C20H31N3O. The molecular weight excluding hydrogens is 298 g/mol. The minimum Gasteiger partial charge on any atom is -0.345 e. The van der Waals surface area contributed by atoms with Crippen molar-refractivity contribution in [3.05, 3.63) is 35.9 Å². The first-order valence-electron chi connectivity index (χ1n) is 9.38. The van der Waals surface area contributed by atoms with Crippen LogP contribution in [-0.4, -0.2) is 48.9 Å². The molecule has 1 amide bonds. The van der Waals surface area contributed by atoms with E-state index in [1.807, 2.05) is 11.9 Å². The Bertz CT molecular complexity index is 533. The second kappa shape index (κ2) is 8.13. The topological polar surface area (TPSA) is 49.6 Å². The summed E-state index contributed by atoms with van der Waals surface area (Å²) in [6, 6.07) is 10.6. The van der Waals surface area contributed by atoms with Gasteiger partial charge in [0.15, 0.2) is 0 Å². The first-order valence-corrected chi connectivity index (χ1v) is 9.38. The average molecular weight is 329 g/mol. The lowest BCUT2D eigenvalue weighted by molar-refractivity contribution is -0.135. The number of benzene rings is 1. The van der Waals surface area contributed by atoms with Crippen molar-refractivity contribution >= 4 is 5.91 Å². The smallest absolute Gasteiger partial charge is 0.225 e. The van der Waals surface area contributed by atoms with E-state index in [2.05, 4.69) is 35.2 Å². The summed E-state index contributed by atoms with van der Waals surface area (Å²) < 4.78 is 0. The van der Waals surface area contributed by atoms with Crippen molar-refractivity contribution in [1.29, 1.82) is 0 Å². The Morgan fingerprint density at radius 2 is 2.04 bits per heavy atom. The van der Waals surface area contributed by atoms with Gasteiger partial charge in [-0.05, 0) is 49.8 Å². The van der Waals surface area contributed by atoms with Crippen molar-refractivity contribution in [1.82, 2.24) is 9.80 Å². The SMILES string of the molecule is CN(CC1CCN(Cc2ccccc2)C1)C(=O)[C@@H]1CCC[C@@H]1CN. The van der Waals surface area contributed by atoms with E-state index in [-0.39, 0.29) is 5.92 Å². The van der Waals surface area contributed by atoms with Crippen molar-refractivity contribution in [3.63, 3.8) is 0 Å². The monoisotopic (exact) mass is 329 g/mol. The van der Waals surface area contributed by atoms with Crippen LogP contribution in [0.5, 0.6) is 0 Å².